The summed E-state index contributed by atoms with van der Waals surface area (Å²) in [5, 5.41) is 9.31. The van der Waals surface area contributed by atoms with E-state index in [2.05, 4.69) is 43.1 Å². The zero-order valence-corrected chi connectivity index (χ0v) is 15.4. The highest BCUT2D eigenvalue weighted by molar-refractivity contribution is 7.13. The lowest BCUT2D eigenvalue weighted by atomic mass is 9.81. The van der Waals surface area contributed by atoms with E-state index in [-0.39, 0.29) is 17.9 Å². The van der Waals surface area contributed by atoms with Crippen LogP contribution in [0.25, 0.3) is 0 Å². The third kappa shape index (κ3) is 4.64. The Hall–Kier alpha value is -1.69. The van der Waals surface area contributed by atoms with E-state index in [0.29, 0.717) is 11.7 Å². The second-order valence-corrected chi connectivity index (χ2v) is 7.46. The van der Waals surface area contributed by atoms with Crippen LogP contribution in [0.5, 0.6) is 5.19 Å². The fraction of sp³-hybridized carbons (Fsp3) is 0.588. The van der Waals surface area contributed by atoms with Gasteiger partial charge in [-0.3, -0.25) is 4.79 Å². The SMILES string of the molecule is CCc1nnc(OCC(=O)N(CC)C2=CC(C)=CC(C)(C)C2)s1. The molecule has 2 rings (SSSR count). The highest BCUT2D eigenvalue weighted by atomic mass is 32.1. The summed E-state index contributed by atoms with van der Waals surface area (Å²) in [6.45, 7) is 11.1. The number of amides is 1. The third-order valence-electron chi connectivity index (χ3n) is 3.68. The Morgan fingerprint density at radius 1 is 1.39 bits per heavy atom. The van der Waals surface area contributed by atoms with Crippen molar-refractivity contribution >= 4 is 17.2 Å². The number of allylic oxidation sites excluding steroid dienone is 4. The zero-order valence-electron chi connectivity index (χ0n) is 14.5. The molecular formula is C17H25N3O2S. The van der Waals surface area contributed by atoms with E-state index in [0.717, 1.165) is 23.5 Å². The van der Waals surface area contributed by atoms with Crippen molar-refractivity contribution < 1.29 is 9.53 Å². The Morgan fingerprint density at radius 3 is 2.70 bits per heavy atom. The molecule has 126 valence electrons. The van der Waals surface area contributed by atoms with Crippen LogP contribution in [0.1, 0.15) is 46.0 Å². The number of likely N-dealkylation sites (N-methyl/N-ethyl adjacent to an activating group) is 1. The van der Waals surface area contributed by atoms with Gasteiger partial charge in [-0.1, -0.05) is 43.8 Å². The molecule has 0 unspecified atom stereocenters. The zero-order chi connectivity index (χ0) is 17.0. The first-order valence-electron chi connectivity index (χ1n) is 8.00. The maximum atomic E-state index is 12.5. The van der Waals surface area contributed by atoms with Crippen molar-refractivity contribution in [1.29, 1.82) is 0 Å². The van der Waals surface area contributed by atoms with Crippen molar-refractivity contribution in [2.24, 2.45) is 5.41 Å². The first-order chi connectivity index (χ1) is 10.8. The Morgan fingerprint density at radius 2 is 2.13 bits per heavy atom. The summed E-state index contributed by atoms with van der Waals surface area (Å²) in [5.41, 5.74) is 2.32. The smallest absolute Gasteiger partial charge is 0.294 e. The number of ether oxygens (including phenoxy) is 1. The lowest BCUT2D eigenvalue weighted by molar-refractivity contribution is -0.131. The number of hydrogen-bond donors (Lipinski definition) is 0. The summed E-state index contributed by atoms with van der Waals surface area (Å²) in [6.07, 6.45) is 6.01. The fourth-order valence-corrected chi connectivity index (χ4v) is 3.47. The minimum atomic E-state index is -0.0440. The van der Waals surface area contributed by atoms with Crippen LogP contribution in [0, 0.1) is 5.41 Å². The average molecular weight is 335 g/mol. The minimum Gasteiger partial charge on any atom is -0.459 e. The quantitative estimate of drug-likeness (QED) is 0.797. The minimum absolute atomic E-state index is 0.00722. The molecule has 0 saturated heterocycles. The van der Waals surface area contributed by atoms with E-state index in [4.69, 9.17) is 4.74 Å². The van der Waals surface area contributed by atoms with Gasteiger partial charge in [-0.15, -0.1) is 10.2 Å². The summed E-state index contributed by atoms with van der Waals surface area (Å²) < 4.78 is 5.51. The predicted octanol–water partition coefficient (Wildman–Crippen LogP) is 3.59. The maximum absolute atomic E-state index is 12.5. The predicted molar refractivity (Wildman–Crippen MR) is 92.4 cm³/mol. The highest BCUT2D eigenvalue weighted by Crippen LogP contribution is 2.34. The van der Waals surface area contributed by atoms with Crippen LogP contribution in [0.3, 0.4) is 0 Å². The van der Waals surface area contributed by atoms with Crippen LogP contribution < -0.4 is 4.74 Å². The summed E-state index contributed by atoms with van der Waals surface area (Å²) in [4.78, 5) is 14.3. The molecule has 0 bridgehead atoms. The molecule has 1 heterocycles. The number of aryl methyl sites for hydroxylation is 1. The summed E-state index contributed by atoms with van der Waals surface area (Å²) in [6, 6.07) is 0. The standard InChI is InChI=1S/C17H25N3O2S/c1-6-14-18-19-16(23-14)22-11-15(21)20(7-2)13-8-12(3)9-17(4,5)10-13/h8-9H,6-7,10-11H2,1-5H3. The van der Waals surface area contributed by atoms with Gasteiger partial charge in [0, 0.05) is 12.2 Å². The van der Waals surface area contributed by atoms with Crippen molar-refractivity contribution in [2.45, 2.75) is 47.5 Å². The van der Waals surface area contributed by atoms with Crippen molar-refractivity contribution in [3.8, 4) is 5.19 Å². The van der Waals surface area contributed by atoms with Crippen LogP contribution in [-0.2, 0) is 11.2 Å². The molecule has 1 amide bonds. The number of hydrogen-bond acceptors (Lipinski definition) is 5. The van der Waals surface area contributed by atoms with E-state index in [1.54, 1.807) is 4.90 Å². The van der Waals surface area contributed by atoms with E-state index >= 15 is 0 Å². The molecule has 0 spiro atoms. The molecule has 1 aromatic heterocycles. The van der Waals surface area contributed by atoms with Crippen LogP contribution in [-0.4, -0.2) is 34.2 Å². The molecule has 1 aliphatic rings. The van der Waals surface area contributed by atoms with Gasteiger partial charge in [0.1, 0.15) is 5.01 Å². The van der Waals surface area contributed by atoms with Crippen LogP contribution >= 0.6 is 11.3 Å². The van der Waals surface area contributed by atoms with Crippen molar-refractivity contribution in [3.05, 3.63) is 28.4 Å². The van der Waals surface area contributed by atoms with E-state index < -0.39 is 0 Å². The molecule has 0 N–H and O–H groups in total. The largest absolute Gasteiger partial charge is 0.459 e. The molecule has 0 atom stereocenters. The molecule has 1 aromatic rings. The summed E-state index contributed by atoms with van der Waals surface area (Å²) in [5.74, 6) is -0.0440. The molecule has 23 heavy (non-hydrogen) atoms. The molecule has 0 radical (unpaired) electrons. The van der Waals surface area contributed by atoms with Gasteiger partial charge in [-0.05, 0) is 38.2 Å². The van der Waals surface area contributed by atoms with Crippen LogP contribution in [0.4, 0.5) is 0 Å². The van der Waals surface area contributed by atoms with E-state index in [1.165, 1.54) is 16.9 Å². The number of nitrogens with zero attached hydrogens (tertiary/aromatic N) is 3. The van der Waals surface area contributed by atoms with Gasteiger partial charge in [0.05, 0.1) is 0 Å². The highest BCUT2D eigenvalue weighted by Gasteiger charge is 2.26. The first-order valence-corrected chi connectivity index (χ1v) is 8.82. The second-order valence-electron chi connectivity index (χ2n) is 6.43. The molecule has 5 nitrogen and oxygen atoms in total. The molecule has 0 aliphatic heterocycles. The molecule has 1 aliphatic carbocycles. The van der Waals surface area contributed by atoms with Gasteiger partial charge in [0.2, 0.25) is 0 Å². The molecule has 6 heteroatoms. The van der Waals surface area contributed by atoms with Crippen LogP contribution in [0.2, 0.25) is 0 Å². The summed E-state index contributed by atoms with van der Waals surface area (Å²) in [7, 11) is 0. The van der Waals surface area contributed by atoms with E-state index in [9.17, 15) is 4.79 Å². The molecule has 0 saturated carbocycles. The number of carbonyl (C=O) groups excluding carboxylic acids is 1. The number of rotatable bonds is 6. The fourth-order valence-electron chi connectivity index (χ4n) is 2.84. The van der Waals surface area contributed by atoms with E-state index in [1.807, 2.05) is 13.8 Å². The Labute approximate surface area is 142 Å². The topological polar surface area (TPSA) is 55.3 Å². The van der Waals surface area contributed by atoms with Crippen molar-refractivity contribution in [3.63, 3.8) is 0 Å². The molecular weight excluding hydrogens is 310 g/mol. The van der Waals surface area contributed by atoms with Gasteiger partial charge in [-0.2, -0.15) is 0 Å². The Balaban J connectivity index is 2.02. The van der Waals surface area contributed by atoms with Gasteiger partial charge in [0.25, 0.3) is 11.1 Å². The number of carbonyl (C=O) groups is 1. The Kier molecular flexibility index (Phi) is 5.57. The second kappa shape index (κ2) is 7.25. The number of aromatic nitrogens is 2. The van der Waals surface area contributed by atoms with Crippen molar-refractivity contribution in [1.82, 2.24) is 15.1 Å². The van der Waals surface area contributed by atoms with Crippen molar-refractivity contribution in [2.75, 3.05) is 13.2 Å². The Bertz CT molecular complexity index is 632. The van der Waals surface area contributed by atoms with Crippen LogP contribution in [0.15, 0.2) is 23.4 Å². The van der Waals surface area contributed by atoms with Gasteiger partial charge >= 0.3 is 0 Å². The summed E-state index contributed by atoms with van der Waals surface area (Å²) >= 11 is 1.39. The van der Waals surface area contributed by atoms with Gasteiger partial charge in [0.15, 0.2) is 6.61 Å². The first kappa shape index (κ1) is 17.7. The van der Waals surface area contributed by atoms with Gasteiger partial charge < -0.3 is 9.64 Å². The molecule has 0 fully saturated rings. The third-order valence-corrected chi connectivity index (χ3v) is 4.66. The normalized spacial score (nSPS) is 16.6. The molecule has 0 aromatic carbocycles. The monoisotopic (exact) mass is 335 g/mol. The lowest BCUT2D eigenvalue weighted by Crippen LogP contribution is -2.36. The lowest BCUT2D eigenvalue weighted by Gasteiger charge is -2.33. The van der Waals surface area contributed by atoms with Gasteiger partial charge in [-0.25, -0.2) is 0 Å². The average Bonchev–Trinajstić information content (AvgIpc) is 2.91. The maximum Gasteiger partial charge on any atom is 0.294 e.